The highest BCUT2D eigenvalue weighted by Crippen LogP contribution is 2.51. The third-order valence-electron chi connectivity index (χ3n) is 2.49. The number of hydrogen-bond acceptors (Lipinski definition) is 2. The molecule has 12 heavy (non-hydrogen) atoms. The van der Waals surface area contributed by atoms with Gasteiger partial charge in [-0.15, -0.1) is 0 Å². The Labute approximate surface area is 73.2 Å². The van der Waals surface area contributed by atoms with Gasteiger partial charge in [0.2, 0.25) is 5.91 Å². The molecule has 0 aliphatic heterocycles. The van der Waals surface area contributed by atoms with Gasteiger partial charge < -0.3 is 10.4 Å². The summed E-state index contributed by atoms with van der Waals surface area (Å²) in [4.78, 5) is 11.4. The van der Waals surface area contributed by atoms with Crippen LogP contribution in [-0.4, -0.2) is 23.7 Å². The molecular weight excluding hydrogens is 154 g/mol. The number of amides is 1. The average Bonchev–Trinajstić information content (AvgIpc) is 2.59. The summed E-state index contributed by atoms with van der Waals surface area (Å²) in [5.74, 6) is 0.244. The van der Waals surface area contributed by atoms with E-state index >= 15 is 0 Å². The fourth-order valence-corrected chi connectivity index (χ4v) is 1.30. The molecule has 0 aromatic heterocycles. The third-order valence-corrected chi connectivity index (χ3v) is 2.49. The Morgan fingerprint density at radius 3 is 2.58 bits per heavy atom. The summed E-state index contributed by atoms with van der Waals surface area (Å²) < 4.78 is 0. The Morgan fingerprint density at radius 1 is 1.75 bits per heavy atom. The first-order valence-electron chi connectivity index (χ1n) is 4.38. The number of carbonyl (C=O) groups is 1. The quantitative estimate of drug-likeness (QED) is 0.650. The van der Waals surface area contributed by atoms with Gasteiger partial charge in [0, 0.05) is 12.0 Å². The first-order valence-corrected chi connectivity index (χ1v) is 4.38. The lowest BCUT2D eigenvalue weighted by Crippen LogP contribution is -2.36. The van der Waals surface area contributed by atoms with Crippen LogP contribution in [0.15, 0.2) is 0 Å². The molecule has 3 nitrogen and oxygen atoms in total. The predicted octanol–water partition coefficient (Wildman–Crippen LogP) is 0.529. The maximum absolute atomic E-state index is 11.4. The van der Waals surface area contributed by atoms with E-state index in [-0.39, 0.29) is 29.9 Å². The molecule has 70 valence electrons. The van der Waals surface area contributed by atoms with Crippen LogP contribution >= 0.6 is 0 Å². The largest absolute Gasteiger partial charge is 0.394 e. The van der Waals surface area contributed by atoms with Crippen molar-refractivity contribution in [3.05, 3.63) is 0 Å². The second-order valence-corrected chi connectivity index (χ2v) is 4.34. The molecule has 1 saturated carbocycles. The van der Waals surface area contributed by atoms with Crippen LogP contribution in [0.3, 0.4) is 0 Å². The second-order valence-electron chi connectivity index (χ2n) is 4.34. The van der Waals surface area contributed by atoms with E-state index in [1.165, 1.54) is 0 Å². The summed E-state index contributed by atoms with van der Waals surface area (Å²) in [7, 11) is 0. The van der Waals surface area contributed by atoms with E-state index < -0.39 is 0 Å². The smallest absolute Gasteiger partial charge is 0.223 e. The summed E-state index contributed by atoms with van der Waals surface area (Å²) in [5.41, 5.74) is 0.180. The van der Waals surface area contributed by atoms with Crippen LogP contribution in [0.2, 0.25) is 0 Å². The van der Waals surface area contributed by atoms with Gasteiger partial charge in [-0.25, -0.2) is 0 Å². The maximum atomic E-state index is 11.4. The maximum Gasteiger partial charge on any atom is 0.223 e. The van der Waals surface area contributed by atoms with Crippen molar-refractivity contribution in [3.63, 3.8) is 0 Å². The van der Waals surface area contributed by atoms with Crippen molar-refractivity contribution >= 4 is 5.91 Å². The number of nitrogens with one attached hydrogen (secondary N) is 1. The van der Waals surface area contributed by atoms with Crippen molar-refractivity contribution in [2.75, 3.05) is 6.61 Å². The van der Waals surface area contributed by atoms with E-state index in [0.29, 0.717) is 0 Å². The zero-order valence-electron chi connectivity index (χ0n) is 7.92. The molecule has 1 aliphatic carbocycles. The van der Waals surface area contributed by atoms with Gasteiger partial charge in [0.15, 0.2) is 0 Å². The van der Waals surface area contributed by atoms with Gasteiger partial charge in [0.25, 0.3) is 0 Å². The Bertz CT molecular complexity index is 189. The summed E-state index contributed by atoms with van der Waals surface area (Å²) in [6.45, 7) is 5.98. The summed E-state index contributed by atoms with van der Waals surface area (Å²) in [5, 5.41) is 11.5. The number of aliphatic hydroxyl groups excluding tert-OH is 1. The van der Waals surface area contributed by atoms with E-state index in [9.17, 15) is 4.79 Å². The van der Waals surface area contributed by atoms with Crippen LogP contribution in [0, 0.1) is 11.3 Å². The minimum absolute atomic E-state index is 0.0128. The summed E-state index contributed by atoms with van der Waals surface area (Å²) in [6, 6.07) is -0.117. The van der Waals surface area contributed by atoms with E-state index in [2.05, 4.69) is 19.2 Å². The molecular formula is C9H17NO2. The lowest BCUT2D eigenvalue weighted by Gasteiger charge is -2.11. The van der Waals surface area contributed by atoms with Crippen LogP contribution in [0.4, 0.5) is 0 Å². The van der Waals surface area contributed by atoms with Gasteiger partial charge >= 0.3 is 0 Å². The van der Waals surface area contributed by atoms with Crippen LogP contribution in [0.1, 0.15) is 27.2 Å². The topological polar surface area (TPSA) is 49.3 Å². The predicted molar refractivity (Wildman–Crippen MR) is 46.6 cm³/mol. The Hall–Kier alpha value is -0.570. The van der Waals surface area contributed by atoms with Crippen molar-refractivity contribution in [1.29, 1.82) is 0 Å². The van der Waals surface area contributed by atoms with Gasteiger partial charge in [-0.05, 0) is 18.8 Å². The minimum atomic E-state index is -0.117. The molecule has 1 aliphatic rings. The van der Waals surface area contributed by atoms with Gasteiger partial charge in [-0.3, -0.25) is 4.79 Å². The fraction of sp³-hybridized carbons (Fsp3) is 0.889. The number of aliphatic hydroxyl groups is 1. The van der Waals surface area contributed by atoms with Gasteiger partial charge in [0.1, 0.15) is 0 Å². The average molecular weight is 171 g/mol. The Balaban J connectivity index is 2.32. The van der Waals surface area contributed by atoms with Crippen LogP contribution in [0.25, 0.3) is 0 Å². The molecule has 2 atom stereocenters. The molecule has 3 heteroatoms. The molecule has 0 spiro atoms. The Kier molecular flexibility index (Phi) is 2.42. The molecule has 0 aromatic carbocycles. The van der Waals surface area contributed by atoms with Gasteiger partial charge in [-0.2, -0.15) is 0 Å². The fourth-order valence-electron chi connectivity index (χ4n) is 1.30. The van der Waals surface area contributed by atoms with Gasteiger partial charge in [0.05, 0.1) is 6.61 Å². The number of carbonyl (C=O) groups excluding carboxylic acids is 1. The van der Waals surface area contributed by atoms with Gasteiger partial charge in [-0.1, -0.05) is 13.8 Å². The Morgan fingerprint density at radius 2 is 2.25 bits per heavy atom. The summed E-state index contributed by atoms with van der Waals surface area (Å²) >= 11 is 0. The number of rotatable bonds is 3. The standard InChI is InChI=1S/C9H17NO2/c1-6(5-11)10-8(12)7-4-9(7,2)3/h6-7,11H,4-5H2,1-3H3,(H,10,12). The van der Waals surface area contributed by atoms with Crippen LogP contribution < -0.4 is 5.32 Å². The zero-order valence-corrected chi connectivity index (χ0v) is 7.92. The molecule has 0 bridgehead atoms. The van der Waals surface area contributed by atoms with Crippen molar-refractivity contribution in [2.45, 2.75) is 33.2 Å². The zero-order chi connectivity index (χ0) is 9.35. The van der Waals surface area contributed by atoms with Crippen LogP contribution in [-0.2, 0) is 4.79 Å². The summed E-state index contributed by atoms with van der Waals surface area (Å²) in [6.07, 6.45) is 0.969. The monoisotopic (exact) mass is 171 g/mol. The van der Waals surface area contributed by atoms with Crippen molar-refractivity contribution in [2.24, 2.45) is 11.3 Å². The normalized spacial score (nSPS) is 27.8. The molecule has 1 amide bonds. The van der Waals surface area contributed by atoms with Crippen molar-refractivity contribution in [3.8, 4) is 0 Å². The first-order chi connectivity index (χ1) is 5.47. The first kappa shape index (κ1) is 9.52. The SMILES string of the molecule is CC(CO)NC(=O)C1CC1(C)C. The number of hydrogen-bond donors (Lipinski definition) is 2. The van der Waals surface area contributed by atoms with Crippen molar-refractivity contribution < 1.29 is 9.90 Å². The molecule has 2 N–H and O–H groups in total. The molecule has 1 rings (SSSR count). The minimum Gasteiger partial charge on any atom is -0.394 e. The molecule has 2 unspecified atom stereocenters. The molecule has 0 saturated heterocycles. The van der Waals surface area contributed by atoms with E-state index in [1.807, 2.05) is 0 Å². The van der Waals surface area contributed by atoms with Crippen molar-refractivity contribution in [1.82, 2.24) is 5.32 Å². The third kappa shape index (κ3) is 1.97. The van der Waals surface area contributed by atoms with E-state index in [1.54, 1.807) is 6.92 Å². The van der Waals surface area contributed by atoms with E-state index in [0.717, 1.165) is 6.42 Å². The lowest BCUT2D eigenvalue weighted by molar-refractivity contribution is -0.123. The second kappa shape index (κ2) is 3.05. The molecule has 0 aromatic rings. The van der Waals surface area contributed by atoms with E-state index in [4.69, 9.17) is 5.11 Å². The highest BCUT2D eigenvalue weighted by Gasteiger charge is 2.50. The highest BCUT2D eigenvalue weighted by atomic mass is 16.3. The lowest BCUT2D eigenvalue weighted by atomic mass is 10.1. The van der Waals surface area contributed by atoms with Crippen LogP contribution in [0.5, 0.6) is 0 Å². The molecule has 0 heterocycles. The molecule has 0 radical (unpaired) electrons. The molecule has 1 fully saturated rings. The highest BCUT2D eigenvalue weighted by molar-refractivity contribution is 5.82.